The molecule has 30 heavy (non-hydrogen) atoms. The third kappa shape index (κ3) is 3.93. The lowest BCUT2D eigenvalue weighted by Crippen LogP contribution is -2.39. The molecule has 2 aliphatic heterocycles. The quantitative estimate of drug-likeness (QED) is 0.520. The van der Waals surface area contributed by atoms with Crippen molar-refractivity contribution in [2.24, 2.45) is 13.0 Å². The predicted octanol–water partition coefficient (Wildman–Crippen LogP) is 3.80. The fourth-order valence-corrected chi connectivity index (χ4v) is 5.59. The molecule has 0 aromatic carbocycles. The van der Waals surface area contributed by atoms with Crippen molar-refractivity contribution < 1.29 is 4.79 Å². The molecule has 0 aliphatic carbocycles. The Hall–Kier alpha value is -2.11. The second-order valence-electron chi connectivity index (χ2n) is 8.22. The number of pyridine rings is 1. The van der Waals surface area contributed by atoms with Gasteiger partial charge in [-0.2, -0.15) is 5.26 Å². The summed E-state index contributed by atoms with van der Waals surface area (Å²) in [5.41, 5.74) is 1.19. The van der Waals surface area contributed by atoms with Gasteiger partial charge in [-0.15, -0.1) is 0 Å². The molecular formula is C22H28N4O2S2. The lowest BCUT2D eigenvalue weighted by atomic mass is 9.98. The molecular weight excluding hydrogens is 416 g/mol. The zero-order valence-electron chi connectivity index (χ0n) is 18.2. The Labute approximate surface area is 187 Å². The number of piperidine rings is 1. The largest absolute Gasteiger partial charge is 0.357 e. The van der Waals surface area contributed by atoms with Crippen molar-refractivity contribution in [3.8, 4) is 6.07 Å². The molecule has 2 unspecified atom stereocenters. The van der Waals surface area contributed by atoms with Crippen LogP contribution >= 0.6 is 24.0 Å². The number of hydrogen-bond donors (Lipinski definition) is 0. The monoisotopic (exact) mass is 444 g/mol. The van der Waals surface area contributed by atoms with E-state index in [4.69, 9.17) is 12.2 Å². The van der Waals surface area contributed by atoms with Gasteiger partial charge in [-0.3, -0.25) is 19.1 Å². The number of anilines is 1. The standard InChI is InChI=1S/C22H28N4O2S2/c1-6-14(3)26-21(28)18(30-22(26)29)10-16-15(4)17(11-23)20(27)24(5)19(16)25-9-7-8-13(2)12-25/h10,13-14H,6-9,12H2,1-5H3/b18-10+. The van der Waals surface area contributed by atoms with Crippen molar-refractivity contribution in [2.45, 2.75) is 53.0 Å². The topological polar surface area (TPSA) is 69.3 Å². The van der Waals surface area contributed by atoms with Crippen molar-refractivity contribution in [1.82, 2.24) is 9.47 Å². The maximum absolute atomic E-state index is 13.1. The third-order valence-corrected chi connectivity index (χ3v) is 7.39. The van der Waals surface area contributed by atoms with E-state index in [0.29, 0.717) is 20.7 Å². The molecule has 2 saturated heterocycles. The molecule has 0 spiro atoms. The third-order valence-electron chi connectivity index (χ3n) is 6.06. The van der Waals surface area contributed by atoms with Gasteiger partial charge in [0.05, 0.1) is 4.91 Å². The Morgan fingerprint density at radius 3 is 2.70 bits per heavy atom. The second kappa shape index (κ2) is 8.94. The van der Waals surface area contributed by atoms with Crippen molar-refractivity contribution in [3.05, 3.63) is 31.9 Å². The van der Waals surface area contributed by atoms with Crippen LogP contribution in [-0.2, 0) is 11.8 Å². The van der Waals surface area contributed by atoms with Crippen LogP contribution in [0.5, 0.6) is 0 Å². The highest BCUT2D eigenvalue weighted by atomic mass is 32.2. The second-order valence-corrected chi connectivity index (χ2v) is 9.89. The van der Waals surface area contributed by atoms with Gasteiger partial charge in [0.1, 0.15) is 21.8 Å². The Morgan fingerprint density at radius 2 is 2.10 bits per heavy atom. The number of hydrogen-bond acceptors (Lipinski definition) is 6. The summed E-state index contributed by atoms with van der Waals surface area (Å²) in [7, 11) is 1.71. The summed E-state index contributed by atoms with van der Waals surface area (Å²) in [6, 6.07) is 2.09. The van der Waals surface area contributed by atoms with Gasteiger partial charge in [0, 0.05) is 31.7 Å². The highest BCUT2D eigenvalue weighted by molar-refractivity contribution is 8.26. The number of thioether (sulfide) groups is 1. The number of nitrogens with zero attached hydrogens (tertiary/aromatic N) is 4. The SMILES string of the molecule is CCC(C)N1C(=O)/C(=C\c2c(C)c(C#N)c(=O)n(C)c2N2CCCC(C)C2)SC1=S. The van der Waals surface area contributed by atoms with Crippen LogP contribution < -0.4 is 10.5 Å². The molecule has 3 rings (SSSR count). The number of rotatable bonds is 4. The highest BCUT2D eigenvalue weighted by Crippen LogP contribution is 2.37. The molecule has 160 valence electrons. The number of thiocarbonyl (C=S) groups is 1. The van der Waals surface area contributed by atoms with E-state index in [1.165, 1.54) is 11.8 Å². The maximum atomic E-state index is 13.1. The minimum absolute atomic E-state index is 0.0294. The zero-order chi connectivity index (χ0) is 22.2. The van der Waals surface area contributed by atoms with Crippen LogP contribution in [0.4, 0.5) is 5.82 Å². The van der Waals surface area contributed by atoms with E-state index in [9.17, 15) is 14.9 Å². The summed E-state index contributed by atoms with van der Waals surface area (Å²) in [6.07, 6.45) is 4.84. The highest BCUT2D eigenvalue weighted by Gasteiger charge is 2.35. The van der Waals surface area contributed by atoms with Gasteiger partial charge in [0.15, 0.2) is 0 Å². The molecule has 3 heterocycles. The van der Waals surface area contributed by atoms with Crippen LogP contribution in [0, 0.1) is 24.2 Å². The van der Waals surface area contributed by atoms with Crippen LogP contribution in [0.15, 0.2) is 9.70 Å². The van der Waals surface area contributed by atoms with E-state index in [1.807, 2.05) is 19.9 Å². The molecule has 1 aromatic heterocycles. The Morgan fingerprint density at radius 1 is 1.40 bits per heavy atom. The van der Waals surface area contributed by atoms with Gasteiger partial charge in [0.2, 0.25) is 0 Å². The lowest BCUT2D eigenvalue weighted by Gasteiger charge is -2.35. The lowest BCUT2D eigenvalue weighted by molar-refractivity contribution is -0.123. The van der Waals surface area contributed by atoms with Crippen LogP contribution in [-0.4, -0.2) is 38.8 Å². The molecule has 2 aliphatic rings. The summed E-state index contributed by atoms with van der Waals surface area (Å²) in [4.78, 5) is 30.3. The van der Waals surface area contributed by atoms with Crippen LogP contribution in [0.1, 0.15) is 56.7 Å². The Balaban J connectivity index is 2.19. The molecule has 0 saturated carbocycles. The van der Waals surface area contributed by atoms with Crippen LogP contribution in [0.25, 0.3) is 6.08 Å². The molecule has 2 atom stereocenters. The van der Waals surface area contributed by atoms with Crippen molar-refractivity contribution in [1.29, 1.82) is 5.26 Å². The molecule has 8 heteroatoms. The first-order valence-corrected chi connectivity index (χ1v) is 11.6. The molecule has 0 N–H and O–H groups in total. The van der Waals surface area contributed by atoms with Crippen molar-refractivity contribution in [3.63, 3.8) is 0 Å². The van der Waals surface area contributed by atoms with Gasteiger partial charge in [0.25, 0.3) is 11.5 Å². The first kappa shape index (κ1) is 22.6. The molecule has 0 bridgehead atoms. The van der Waals surface area contributed by atoms with Crippen molar-refractivity contribution in [2.75, 3.05) is 18.0 Å². The van der Waals surface area contributed by atoms with E-state index in [-0.39, 0.29) is 23.1 Å². The minimum Gasteiger partial charge on any atom is -0.357 e. The molecule has 1 amide bonds. The summed E-state index contributed by atoms with van der Waals surface area (Å²) in [6.45, 7) is 9.69. The summed E-state index contributed by atoms with van der Waals surface area (Å²) in [5.74, 6) is 1.18. The number of amides is 1. The van der Waals surface area contributed by atoms with E-state index < -0.39 is 0 Å². The smallest absolute Gasteiger partial charge is 0.270 e. The van der Waals surface area contributed by atoms with Gasteiger partial charge < -0.3 is 4.90 Å². The van der Waals surface area contributed by atoms with Gasteiger partial charge in [-0.05, 0) is 50.7 Å². The fraction of sp³-hybridized carbons (Fsp3) is 0.545. The number of carbonyl (C=O) groups is 1. The molecule has 0 radical (unpaired) electrons. The average molecular weight is 445 g/mol. The fourth-order valence-electron chi connectivity index (χ4n) is 4.15. The summed E-state index contributed by atoms with van der Waals surface area (Å²) in [5, 5.41) is 9.59. The zero-order valence-corrected chi connectivity index (χ0v) is 19.8. The number of aromatic nitrogens is 1. The Kier molecular flexibility index (Phi) is 6.73. The molecule has 1 aromatic rings. The first-order valence-electron chi connectivity index (χ1n) is 10.4. The number of carbonyl (C=O) groups excluding carboxylic acids is 1. The van der Waals surface area contributed by atoms with Gasteiger partial charge >= 0.3 is 0 Å². The normalized spacial score (nSPS) is 22.0. The molecule has 2 fully saturated rings. The summed E-state index contributed by atoms with van der Waals surface area (Å²) >= 11 is 6.75. The van der Waals surface area contributed by atoms with E-state index in [1.54, 1.807) is 23.4 Å². The van der Waals surface area contributed by atoms with Gasteiger partial charge in [-0.25, -0.2) is 0 Å². The predicted molar refractivity (Wildman–Crippen MR) is 127 cm³/mol. The molecule has 6 nitrogen and oxygen atoms in total. The van der Waals surface area contributed by atoms with Crippen LogP contribution in [0.2, 0.25) is 0 Å². The van der Waals surface area contributed by atoms with Gasteiger partial charge in [-0.1, -0.05) is 37.8 Å². The first-order chi connectivity index (χ1) is 14.2. The number of nitriles is 1. The Bertz CT molecular complexity index is 1020. The minimum atomic E-state index is -0.299. The van der Waals surface area contributed by atoms with E-state index in [0.717, 1.165) is 43.7 Å². The average Bonchev–Trinajstić information content (AvgIpc) is 2.99. The van der Waals surface area contributed by atoms with E-state index >= 15 is 0 Å². The van der Waals surface area contributed by atoms with Crippen molar-refractivity contribution >= 4 is 46.1 Å². The summed E-state index contributed by atoms with van der Waals surface area (Å²) < 4.78 is 2.11. The van der Waals surface area contributed by atoms with E-state index in [2.05, 4.69) is 17.9 Å². The maximum Gasteiger partial charge on any atom is 0.270 e. The van der Waals surface area contributed by atoms with Crippen LogP contribution in [0.3, 0.4) is 0 Å².